The van der Waals surface area contributed by atoms with E-state index in [0.29, 0.717) is 0 Å². The Balaban J connectivity index is 2.20. The first-order valence-corrected chi connectivity index (χ1v) is 6.34. The number of hydrogen-bond acceptors (Lipinski definition) is 2. The number of hydrogen-bond donors (Lipinski definition) is 2. The second-order valence-electron chi connectivity index (χ2n) is 4.43. The van der Waals surface area contributed by atoms with Gasteiger partial charge in [0.15, 0.2) is 0 Å². The van der Waals surface area contributed by atoms with Gasteiger partial charge in [0.25, 0.3) is 0 Å². The molecule has 0 fully saturated rings. The molecule has 2 aromatic carbocycles. The van der Waals surface area contributed by atoms with E-state index in [-0.39, 0.29) is 6.04 Å². The molecule has 2 nitrogen and oxygen atoms in total. The quantitative estimate of drug-likeness (QED) is 0.653. The smallest absolute Gasteiger partial charge is 0.0500 e. The Hall–Kier alpha value is -1.35. The molecule has 0 aliphatic heterocycles. The third-order valence-electron chi connectivity index (χ3n) is 3.06. The second kappa shape index (κ2) is 6.01. The number of benzene rings is 2. The van der Waals surface area contributed by atoms with Crippen molar-refractivity contribution in [2.24, 2.45) is 5.84 Å². The maximum atomic E-state index is 6.17. The van der Waals surface area contributed by atoms with Crippen molar-refractivity contribution < 1.29 is 0 Å². The average Bonchev–Trinajstić information content (AvgIpc) is 2.39. The summed E-state index contributed by atoms with van der Waals surface area (Å²) in [6.45, 7) is 2.07. The molecule has 0 spiro atoms. The van der Waals surface area contributed by atoms with Gasteiger partial charge in [-0.15, -0.1) is 0 Å². The summed E-state index contributed by atoms with van der Waals surface area (Å²) in [5, 5.41) is 0.782. The molecule has 1 atom stereocenters. The highest BCUT2D eigenvalue weighted by Crippen LogP contribution is 2.23. The van der Waals surface area contributed by atoms with Crippen molar-refractivity contribution in [3.63, 3.8) is 0 Å². The molecule has 2 aromatic rings. The molecule has 1 unspecified atom stereocenters. The summed E-state index contributed by atoms with van der Waals surface area (Å²) in [5.74, 6) is 5.65. The minimum atomic E-state index is 0.0745. The van der Waals surface area contributed by atoms with Gasteiger partial charge in [0.2, 0.25) is 0 Å². The zero-order valence-electron chi connectivity index (χ0n) is 10.4. The summed E-state index contributed by atoms with van der Waals surface area (Å²) in [5.41, 5.74) is 6.37. The average molecular weight is 261 g/mol. The standard InChI is InChI=1S/C15H17ClN2/c1-11-6-8-12(9-7-11)15(18-17)10-13-4-2-3-5-14(13)16/h2-9,15,18H,10,17H2,1H3. The number of nitrogens with one attached hydrogen (secondary N) is 1. The number of halogens is 1. The number of rotatable bonds is 4. The van der Waals surface area contributed by atoms with E-state index >= 15 is 0 Å². The molecule has 0 aliphatic carbocycles. The van der Waals surface area contributed by atoms with Crippen molar-refractivity contribution >= 4 is 11.6 Å². The maximum absolute atomic E-state index is 6.17. The molecular formula is C15H17ClN2. The molecule has 0 heterocycles. The van der Waals surface area contributed by atoms with Crippen LogP contribution in [0, 0.1) is 6.92 Å². The molecule has 0 aromatic heterocycles. The second-order valence-corrected chi connectivity index (χ2v) is 4.83. The van der Waals surface area contributed by atoms with Crippen LogP contribution in [0.5, 0.6) is 0 Å². The van der Waals surface area contributed by atoms with Crippen LogP contribution >= 0.6 is 11.6 Å². The first-order valence-electron chi connectivity index (χ1n) is 5.97. The zero-order valence-corrected chi connectivity index (χ0v) is 11.1. The molecule has 18 heavy (non-hydrogen) atoms. The molecule has 0 saturated heterocycles. The van der Waals surface area contributed by atoms with Gasteiger partial charge in [-0.1, -0.05) is 59.6 Å². The Bertz CT molecular complexity index is 508. The Morgan fingerprint density at radius 1 is 1.11 bits per heavy atom. The van der Waals surface area contributed by atoms with E-state index in [2.05, 4.69) is 36.6 Å². The van der Waals surface area contributed by atoms with Crippen LogP contribution in [0.4, 0.5) is 0 Å². The van der Waals surface area contributed by atoms with Crippen LogP contribution in [0.15, 0.2) is 48.5 Å². The van der Waals surface area contributed by atoms with Crippen LogP contribution in [0.3, 0.4) is 0 Å². The van der Waals surface area contributed by atoms with Crippen LogP contribution in [0.1, 0.15) is 22.7 Å². The topological polar surface area (TPSA) is 38.0 Å². The predicted octanol–water partition coefficient (Wildman–Crippen LogP) is 3.40. The molecule has 0 radical (unpaired) electrons. The lowest BCUT2D eigenvalue weighted by Gasteiger charge is -2.17. The van der Waals surface area contributed by atoms with Gasteiger partial charge in [-0.25, -0.2) is 0 Å². The summed E-state index contributed by atoms with van der Waals surface area (Å²) in [4.78, 5) is 0. The maximum Gasteiger partial charge on any atom is 0.0500 e. The lowest BCUT2D eigenvalue weighted by Crippen LogP contribution is -2.29. The number of nitrogens with two attached hydrogens (primary N) is 1. The van der Waals surface area contributed by atoms with E-state index in [1.165, 1.54) is 11.1 Å². The highest BCUT2D eigenvalue weighted by molar-refractivity contribution is 6.31. The normalized spacial score (nSPS) is 12.4. The van der Waals surface area contributed by atoms with Crippen molar-refractivity contribution in [1.82, 2.24) is 5.43 Å². The molecule has 3 N–H and O–H groups in total. The van der Waals surface area contributed by atoms with Crippen molar-refractivity contribution in [2.45, 2.75) is 19.4 Å². The SMILES string of the molecule is Cc1ccc(C(Cc2ccccc2Cl)NN)cc1. The third kappa shape index (κ3) is 3.10. The largest absolute Gasteiger partial charge is 0.271 e. The fourth-order valence-electron chi connectivity index (χ4n) is 1.96. The first kappa shape index (κ1) is 13.1. The van der Waals surface area contributed by atoms with Crippen LogP contribution in [-0.2, 0) is 6.42 Å². The predicted molar refractivity (Wildman–Crippen MR) is 76.4 cm³/mol. The lowest BCUT2D eigenvalue weighted by atomic mass is 9.98. The van der Waals surface area contributed by atoms with E-state index in [1.54, 1.807) is 0 Å². The van der Waals surface area contributed by atoms with Crippen LogP contribution in [-0.4, -0.2) is 0 Å². The Morgan fingerprint density at radius 2 is 1.78 bits per heavy atom. The molecule has 3 heteroatoms. The lowest BCUT2D eigenvalue weighted by molar-refractivity contribution is 0.552. The Kier molecular flexibility index (Phi) is 4.37. The molecule has 0 saturated carbocycles. The number of aryl methyl sites for hydroxylation is 1. The van der Waals surface area contributed by atoms with Gasteiger partial charge in [0.05, 0.1) is 6.04 Å². The van der Waals surface area contributed by atoms with Gasteiger partial charge in [0.1, 0.15) is 0 Å². The highest BCUT2D eigenvalue weighted by Gasteiger charge is 2.11. The molecular weight excluding hydrogens is 244 g/mol. The molecule has 0 bridgehead atoms. The van der Waals surface area contributed by atoms with Gasteiger partial charge in [-0.3, -0.25) is 11.3 Å². The fraction of sp³-hybridized carbons (Fsp3) is 0.200. The summed E-state index contributed by atoms with van der Waals surface area (Å²) >= 11 is 6.17. The Morgan fingerprint density at radius 3 is 2.39 bits per heavy atom. The minimum Gasteiger partial charge on any atom is -0.271 e. The summed E-state index contributed by atoms with van der Waals surface area (Å²) in [6, 6.07) is 16.3. The fourth-order valence-corrected chi connectivity index (χ4v) is 2.17. The van der Waals surface area contributed by atoms with E-state index in [1.807, 2.05) is 24.3 Å². The summed E-state index contributed by atoms with van der Waals surface area (Å²) < 4.78 is 0. The summed E-state index contributed by atoms with van der Waals surface area (Å²) in [7, 11) is 0. The van der Waals surface area contributed by atoms with E-state index in [9.17, 15) is 0 Å². The summed E-state index contributed by atoms with van der Waals surface area (Å²) in [6.07, 6.45) is 0.777. The van der Waals surface area contributed by atoms with Crippen molar-refractivity contribution in [3.05, 3.63) is 70.2 Å². The Labute approximate surface area is 113 Å². The molecule has 2 rings (SSSR count). The van der Waals surface area contributed by atoms with Gasteiger partial charge >= 0.3 is 0 Å². The third-order valence-corrected chi connectivity index (χ3v) is 3.43. The van der Waals surface area contributed by atoms with Crippen molar-refractivity contribution in [1.29, 1.82) is 0 Å². The van der Waals surface area contributed by atoms with Crippen LogP contribution in [0.25, 0.3) is 0 Å². The van der Waals surface area contributed by atoms with E-state index in [4.69, 9.17) is 17.4 Å². The molecule has 0 amide bonds. The monoisotopic (exact) mass is 260 g/mol. The van der Waals surface area contributed by atoms with Gasteiger partial charge in [-0.05, 0) is 30.5 Å². The molecule has 94 valence electrons. The zero-order chi connectivity index (χ0) is 13.0. The van der Waals surface area contributed by atoms with E-state index in [0.717, 1.165) is 17.0 Å². The van der Waals surface area contributed by atoms with Gasteiger partial charge in [0, 0.05) is 5.02 Å². The van der Waals surface area contributed by atoms with Gasteiger partial charge < -0.3 is 0 Å². The number of hydrazine groups is 1. The van der Waals surface area contributed by atoms with E-state index < -0.39 is 0 Å². The van der Waals surface area contributed by atoms with Crippen molar-refractivity contribution in [2.75, 3.05) is 0 Å². The molecule has 0 aliphatic rings. The van der Waals surface area contributed by atoms with Crippen molar-refractivity contribution in [3.8, 4) is 0 Å². The van der Waals surface area contributed by atoms with Crippen LogP contribution in [0.2, 0.25) is 5.02 Å². The van der Waals surface area contributed by atoms with Gasteiger partial charge in [-0.2, -0.15) is 0 Å². The minimum absolute atomic E-state index is 0.0745. The highest BCUT2D eigenvalue weighted by atomic mass is 35.5. The first-order chi connectivity index (χ1) is 8.70. The van der Waals surface area contributed by atoms with Crippen LogP contribution < -0.4 is 11.3 Å².